The lowest BCUT2D eigenvalue weighted by Gasteiger charge is -2.35. The topological polar surface area (TPSA) is 75.4 Å². The summed E-state index contributed by atoms with van der Waals surface area (Å²) in [6.07, 6.45) is 5.45. The van der Waals surface area contributed by atoms with Crippen molar-refractivity contribution >= 4 is 11.9 Å². The Hall–Kier alpha value is -2.44. The Morgan fingerprint density at radius 3 is 2.71 bits per heavy atom. The van der Waals surface area contributed by atoms with Crippen LogP contribution in [0.3, 0.4) is 0 Å². The van der Waals surface area contributed by atoms with Crippen molar-refractivity contribution in [2.45, 2.75) is 39.3 Å². The predicted molar refractivity (Wildman–Crippen MR) is 87.3 cm³/mol. The Morgan fingerprint density at radius 1 is 1.21 bits per heavy atom. The van der Waals surface area contributed by atoms with Crippen LogP contribution in [-0.2, 0) is 11.3 Å². The number of carbonyl (C=O) groups is 1. The quantitative estimate of drug-likeness (QED) is 0.854. The Labute approximate surface area is 140 Å². The van der Waals surface area contributed by atoms with Crippen molar-refractivity contribution in [1.29, 1.82) is 0 Å². The standard InChI is InChI=1S/C17H21N5O2/c1-11-15(12(2)24-20-11)10-22-14-5-4-13(16(22)23)8-21(9-14)17-18-6-3-7-19-17/h3,6-7,13-14H,4-5,8-10H2,1-2H3/t13-,14+/m0/s1. The maximum atomic E-state index is 12.9. The van der Waals surface area contributed by atoms with Gasteiger partial charge in [-0.15, -0.1) is 0 Å². The first-order valence-electron chi connectivity index (χ1n) is 8.37. The predicted octanol–water partition coefficient (Wildman–Crippen LogP) is 1.71. The molecular formula is C17H21N5O2. The van der Waals surface area contributed by atoms with E-state index in [1.807, 2.05) is 24.8 Å². The Morgan fingerprint density at radius 2 is 2.00 bits per heavy atom. The second-order valence-electron chi connectivity index (χ2n) is 6.65. The maximum absolute atomic E-state index is 12.9. The molecule has 7 nitrogen and oxygen atoms in total. The summed E-state index contributed by atoms with van der Waals surface area (Å²) < 4.78 is 5.26. The second-order valence-corrected chi connectivity index (χ2v) is 6.65. The molecular weight excluding hydrogens is 306 g/mol. The molecule has 5 rings (SSSR count). The number of aromatic nitrogens is 3. The third-order valence-corrected chi connectivity index (χ3v) is 5.14. The second kappa shape index (κ2) is 5.89. The third kappa shape index (κ3) is 2.53. The van der Waals surface area contributed by atoms with Gasteiger partial charge >= 0.3 is 0 Å². The van der Waals surface area contributed by atoms with E-state index in [-0.39, 0.29) is 17.9 Å². The zero-order valence-corrected chi connectivity index (χ0v) is 14.0. The molecule has 2 atom stereocenters. The molecule has 126 valence electrons. The third-order valence-electron chi connectivity index (χ3n) is 5.14. The van der Waals surface area contributed by atoms with Gasteiger partial charge in [-0.3, -0.25) is 4.79 Å². The molecule has 3 fully saturated rings. The van der Waals surface area contributed by atoms with Crippen LogP contribution in [0.15, 0.2) is 23.0 Å². The van der Waals surface area contributed by atoms with E-state index in [0.29, 0.717) is 19.0 Å². The van der Waals surface area contributed by atoms with Crippen LogP contribution in [-0.4, -0.2) is 45.1 Å². The highest BCUT2D eigenvalue weighted by molar-refractivity contribution is 5.81. The fraction of sp³-hybridized carbons (Fsp3) is 0.529. The van der Waals surface area contributed by atoms with Crippen molar-refractivity contribution in [1.82, 2.24) is 20.0 Å². The van der Waals surface area contributed by atoms with E-state index in [0.717, 1.165) is 36.4 Å². The highest BCUT2D eigenvalue weighted by Crippen LogP contribution is 2.32. The number of piperidine rings is 1. The fourth-order valence-electron chi connectivity index (χ4n) is 3.76. The first-order valence-corrected chi connectivity index (χ1v) is 8.37. The number of carbonyl (C=O) groups excluding carboxylic acids is 1. The first-order chi connectivity index (χ1) is 11.6. The molecule has 2 aromatic heterocycles. The summed E-state index contributed by atoms with van der Waals surface area (Å²) in [4.78, 5) is 25.8. The molecule has 1 amide bonds. The average molecular weight is 327 g/mol. The summed E-state index contributed by atoms with van der Waals surface area (Å²) in [7, 11) is 0. The number of rotatable bonds is 3. The monoisotopic (exact) mass is 327 g/mol. The highest BCUT2D eigenvalue weighted by atomic mass is 16.5. The van der Waals surface area contributed by atoms with E-state index in [9.17, 15) is 4.79 Å². The Balaban J connectivity index is 1.60. The number of fused-ring (bicyclic) bond motifs is 4. The number of anilines is 1. The van der Waals surface area contributed by atoms with Crippen LogP contribution < -0.4 is 4.90 Å². The summed E-state index contributed by atoms with van der Waals surface area (Å²) in [6.45, 7) is 5.87. The van der Waals surface area contributed by atoms with Crippen LogP contribution in [0.1, 0.15) is 29.9 Å². The number of aryl methyl sites for hydroxylation is 2. The minimum atomic E-state index is 0.00743. The molecule has 3 aliphatic heterocycles. The van der Waals surface area contributed by atoms with Gasteiger partial charge in [-0.1, -0.05) is 5.16 Å². The van der Waals surface area contributed by atoms with Crippen molar-refractivity contribution in [2.24, 2.45) is 5.92 Å². The zero-order chi connectivity index (χ0) is 16.7. The molecule has 24 heavy (non-hydrogen) atoms. The molecule has 3 aliphatic rings. The lowest BCUT2D eigenvalue weighted by molar-refractivity contribution is -0.140. The molecule has 7 heteroatoms. The van der Waals surface area contributed by atoms with Gasteiger partial charge in [-0.05, 0) is 32.8 Å². The number of hydrogen-bond acceptors (Lipinski definition) is 6. The minimum absolute atomic E-state index is 0.00743. The van der Waals surface area contributed by atoms with Gasteiger partial charge in [0.1, 0.15) is 5.76 Å². The van der Waals surface area contributed by atoms with E-state index in [4.69, 9.17) is 4.52 Å². The smallest absolute Gasteiger partial charge is 0.228 e. The van der Waals surface area contributed by atoms with Gasteiger partial charge < -0.3 is 14.3 Å². The summed E-state index contributed by atoms with van der Waals surface area (Å²) >= 11 is 0. The molecule has 2 aromatic rings. The summed E-state index contributed by atoms with van der Waals surface area (Å²) in [5.74, 6) is 1.74. The number of amides is 1. The Kier molecular flexibility index (Phi) is 3.70. The van der Waals surface area contributed by atoms with Crippen LogP contribution in [0.2, 0.25) is 0 Å². The molecule has 5 heterocycles. The molecule has 0 N–H and O–H groups in total. The highest BCUT2D eigenvalue weighted by Gasteiger charge is 2.41. The van der Waals surface area contributed by atoms with E-state index in [2.05, 4.69) is 20.0 Å². The van der Waals surface area contributed by atoms with Crippen molar-refractivity contribution in [2.75, 3.05) is 18.0 Å². The maximum Gasteiger partial charge on any atom is 0.228 e. The molecule has 0 radical (unpaired) electrons. The molecule has 3 saturated heterocycles. The molecule has 0 aliphatic carbocycles. The minimum Gasteiger partial charge on any atom is -0.361 e. The van der Waals surface area contributed by atoms with Crippen LogP contribution in [0.4, 0.5) is 5.95 Å². The molecule has 2 bridgehead atoms. The fourth-order valence-corrected chi connectivity index (χ4v) is 3.76. The van der Waals surface area contributed by atoms with Crippen molar-refractivity contribution in [3.8, 4) is 0 Å². The van der Waals surface area contributed by atoms with E-state index < -0.39 is 0 Å². The molecule has 0 aromatic carbocycles. The van der Waals surface area contributed by atoms with Gasteiger partial charge in [0, 0.05) is 37.1 Å². The Bertz CT molecular complexity index is 725. The van der Waals surface area contributed by atoms with Crippen LogP contribution in [0, 0.1) is 19.8 Å². The number of hydrogen-bond donors (Lipinski definition) is 0. The van der Waals surface area contributed by atoms with Crippen molar-refractivity contribution in [3.05, 3.63) is 35.5 Å². The summed E-state index contributed by atoms with van der Waals surface area (Å²) in [5.41, 5.74) is 1.89. The van der Waals surface area contributed by atoms with Crippen molar-refractivity contribution < 1.29 is 9.32 Å². The average Bonchev–Trinajstić information content (AvgIpc) is 2.79. The van der Waals surface area contributed by atoms with Crippen LogP contribution >= 0.6 is 0 Å². The van der Waals surface area contributed by atoms with Gasteiger partial charge in [0.15, 0.2) is 0 Å². The van der Waals surface area contributed by atoms with Gasteiger partial charge in [0.25, 0.3) is 0 Å². The van der Waals surface area contributed by atoms with Crippen LogP contribution in [0.5, 0.6) is 0 Å². The van der Waals surface area contributed by atoms with E-state index >= 15 is 0 Å². The van der Waals surface area contributed by atoms with Gasteiger partial charge in [-0.25, -0.2) is 9.97 Å². The normalized spacial score (nSPS) is 23.7. The van der Waals surface area contributed by atoms with Crippen molar-refractivity contribution in [3.63, 3.8) is 0 Å². The summed E-state index contributed by atoms with van der Waals surface area (Å²) in [5, 5.41) is 4.01. The van der Waals surface area contributed by atoms with Crippen LogP contribution in [0.25, 0.3) is 0 Å². The summed E-state index contributed by atoms with van der Waals surface area (Å²) in [6, 6.07) is 1.99. The number of nitrogens with zero attached hydrogens (tertiary/aromatic N) is 5. The van der Waals surface area contributed by atoms with Gasteiger partial charge in [-0.2, -0.15) is 0 Å². The largest absolute Gasteiger partial charge is 0.361 e. The molecule has 0 spiro atoms. The lowest BCUT2D eigenvalue weighted by Crippen LogP contribution is -2.47. The molecule has 0 unspecified atom stereocenters. The lowest BCUT2D eigenvalue weighted by atomic mass is 9.93. The SMILES string of the molecule is Cc1noc(C)c1CN1C(=O)[C@H]2CC[C@@H]1CN(c1ncccn1)C2. The van der Waals surface area contributed by atoms with E-state index in [1.165, 1.54) is 0 Å². The van der Waals surface area contributed by atoms with Gasteiger partial charge in [0.2, 0.25) is 11.9 Å². The van der Waals surface area contributed by atoms with Gasteiger partial charge in [0.05, 0.1) is 18.2 Å². The van der Waals surface area contributed by atoms with E-state index in [1.54, 1.807) is 12.4 Å². The molecule has 0 saturated carbocycles. The first kappa shape index (κ1) is 15.1. The zero-order valence-electron chi connectivity index (χ0n) is 14.0.